The monoisotopic (exact) mass is 567 g/mol. The zero-order chi connectivity index (χ0) is 29.3. The standard InChI is InChI=1S/C35H53NO3S/c1-24-12-16-30(17-13-24)40(38,39)36-33-23-29(37)22-28(26(33)3)15-14-27-11-9-21-35(7)31(18-19-32(27)35)25(2)10-8-20-34(4,5)6/h12-17,25,29,31-33,36-37H,3,8-11,18-23H2,1-2,4-7H3/b27-14+,28-15-/t25-,29-,31-,32+,33+,35-/m1/s1. The van der Waals surface area contributed by atoms with Crippen LogP contribution in [0.1, 0.15) is 104 Å². The molecule has 1 aromatic rings. The first-order valence-corrected chi connectivity index (χ1v) is 17.0. The number of aliphatic hydroxyl groups excluding tert-OH is 1. The van der Waals surface area contributed by atoms with Gasteiger partial charge in [-0.25, -0.2) is 13.1 Å². The Kier molecular flexibility index (Phi) is 9.59. The van der Waals surface area contributed by atoms with Crippen molar-refractivity contribution < 1.29 is 13.5 Å². The van der Waals surface area contributed by atoms with Gasteiger partial charge in [-0.3, -0.25) is 0 Å². The van der Waals surface area contributed by atoms with E-state index in [9.17, 15) is 13.5 Å². The number of fused-ring (bicyclic) bond motifs is 1. The highest BCUT2D eigenvalue weighted by atomic mass is 32.2. The molecular formula is C35H53NO3S. The molecule has 40 heavy (non-hydrogen) atoms. The summed E-state index contributed by atoms with van der Waals surface area (Å²) in [5, 5.41) is 10.7. The maximum absolute atomic E-state index is 13.1. The predicted molar refractivity (Wildman–Crippen MR) is 166 cm³/mol. The fourth-order valence-corrected chi connectivity index (χ4v) is 9.19. The summed E-state index contributed by atoms with van der Waals surface area (Å²) in [6.45, 7) is 18.3. The van der Waals surface area contributed by atoms with E-state index in [-0.39, 0.29) is 4.90 Å². The largest absolute Gasteiger partial charge is 0.393 e. The van der Waals surface area contributed by atoms with Crippen molar-refractivity contribution in [2.45, 2.75) is 123 Å². The molecule has 1 aromatic carbocycles. The number of aryl methyl sites for hydroxylation is 1. The Balaban J connectivity index is 1.47. The minimum atomic E-state index is -3.71. The fraction of sp³-hybridized carbons (Fsp3) is 0.657. The summed E-state index contributed by atoms with van der Waals surface area (Å²) in [6.07, 6.45) is 14.9. The van der Waals surface area contributed by atoms with Crippen molar-refractivity contribution in [3.05, 3.63) is 65.3 Å². The molecule has 5 heteroatoms. The highest BCUT2D eigenvalue weighted by Crippen LogP contribution is 2.60. The van der Waals surface area contributed by atoms with Crippen LogP contribution in [0.5, 0.6) is 0 Å². The molecule has 0 saturated heterocycles. The van der Waals surface area contributed by atoms with Gasteiger partial charge in [-0.2, -0.15) is 0 Å². The zero-order valence-electron chi connectivity index (χ0n) is 25.8. The van der Waals surface area contributed by atoms with Crippen molar-refractivity contribution in [1.82, 2.24) is 4.72 Å². The molecule has 4 nitrogen and oxygen atoms in total. The second-order valence-electron chi connectivity index (χ2n) is 14.6. The zero-order valence-corrected chi connectivity index (χ0v) is 26.6. The van der Waals surface area contributed by atoms with Gasteiger partial charge in [0.1, 0.15) is 0 Å². The topological polar surface area (TPSA) is 66.4 Å². The Morgan fingerprint density at radius 2 is 1.88 bits per heavy atom. The lowest BCUT2D eigenvalue weighted by Crippen LogP contribution is -2.41. The first-order valence-electron chi connectivity index (χ1n) is 15.6. The maximum atomic E-state index is 13.1. The van der Waals surface area contributed by atoms with E-state index in [4.69, 9.17) is 0 Å². The molecule has 222 valence electrons. The minimum Gasteiger partial charge on any atom is -0.393 e. The first-order chi connectivity index (χ1) is 18.7. The molecule has 2 N–H and O–H groups in total. The van der Waals surface area contributed by atoms with Gasteiger partial charge >= 0.3 is 0 Å². The molecule has 0 unspecified atom stereocenters. The number of hydrogen-bond donors (Lipinski definition) is 2. The molecule has 0 radical (unpaired) electrons. The summed E-state index contributed by atoms with van der Waals surface area (Å²) in [7, 11) is -3.71. The number of benzene rings is 1. The van der Waals surface area contributed by atoms with Crippen molar-refractivity contribution in [2.24, 2.45) is 28.6 Å². The summed E-state index contributed by atoms with van der Waals surface area (Å²) in [5.74, 6) is 2.15. The number of sulfonamides is 1. The number of hydrogen-bond acceptors (Lipinski definition) is 3. The van der Waals surface area contributed by atoms with Crippen molar-refractivity contribution in [3.8, 4) is 0 Å². The lowest BCUT2D eigenvalue weighted by molar-refractivity contribution is 0.0920. The number of nitrogens with one attached hydrogen (secondary N) is 1. The molecule has 3 aliphatic carbocycles. The van der Waals surface area contributed by atoms with E-state index in [1.165, 1.54) is 50.5 Å². The molecule has 0 aliphatic heterocycles. The lowest BCUT2D eigenvalue weighted by Gasteiger charge is -2.44. The Hall–Kier alpha value is -1.69. The second-order valence-corrected chi connectivity index (χ2v) is 16.3. The van der Waals surface area contributed by atoms with Crippen LogP contribution in [0.3, 0.4) is 0 Å². The van der Waals surface area contributed by atoms with E-state index in [0.717, 1.165) is 35.0 Å². The van der Waals surface area contributed by atoms with Crippen LogP contribution in [0, 0.1) is 35.5 Å². The average Bonchev–Trinajstić information content (AvgIpc) is 3.22. The second kappa shape index (κ2) is 12.3. The fourth-order valence-electron chi connectivity index (χ4n) is 7.95. The van der Waals surface area contributed by atoms with Crippen LogP contribution < -0.4 is 4.72 Å². The van der Waals surface area contributed by atoms with Gasteiger partial charge in [-0.15, -0.1) is 0 Å². The molecule has 6 atom stereocenters. The number of rotatable bonds is 8. The van der Waals surface area contributed by atoms with Gasteiger partial charge in [-0.1, -0.05) is 89.5 Å². The molecule has 0 heterocycles. The Bertz CT molecular complexity index is 1220. The van der Waals surface area contributed by atoms with Gasteiger partial charge in [0.25, 0.3) is 0 Å². The van der Waals surface area contributed by atoms with E-state index in [1.54, 1.807) is 24.3 Å². The van der Waals surface area contributed by atoms with E-state index >= 15 is 0 Å². The molecule has 0 aromatic heterocycles. The van der Waals surface area contributed by atoms with Crippen LogP contribution in [-0.2, 0) is 10.0 Å². The minimum absolute atomic E-state index is 0.239. The molecule has 3 saturated carbocycles. The molecule has 3 fully saturated rings. The van der Waals surface area contributed by atoms with Crippen LogP contribution in [0.2, 0.25) is 0 Å². The SMILES string of the molecule is C=C1/C(=C\C=C2/CCC[C@]3(C)[C@@H]([C@H](C)CCCC(C)(C)C)CC[C@@H]23)C[C@@H](O)C[C@@H]1NS(=O)(=O)c1ccc(C)cc1. The van der Waals surface area contributed by atoms with E-state index < -0.39 is 22.2 Å². The van der Waals surface area contributed by atoms with Gasteiger partial charge in [-0.05, 0) is 110 Å². The molecule has 3 aliphatic rings. The summed E-state index contributed by atoms with van der Waals surface area (Å²) in [4.78, 5) is 0.239. The Labute approximate surface area is 244 Å². The number of aliphatic hydroxyl groups is 1. The number of allylic oxidation sites excluding steroid dienone is 3. The van der Waals surface area contributed by atoms with Crippen molar-refractivity contribution >= 4 is 10.0 Å². The third-order valence-electron chi connectivity index (χ3n) is 10.2. The van der Waals surface area contributed by atoms with Crippen LogP contribution >= 0.6 is 0 Å². The van der Waals surface area contributed by atoms with Gasteiger partial charge in [0, 0.05) is 6.04 Å². The van der Waals surface area contributed by atoms with Crippen LogP contribution in [0.4, 0.5) is 0 Å². The van der Waals surface area contributed by atoms with E-state index in [0.29, 0.717) is 29.6 Å². The van der Waals surface area contributed by atoms with Gasteiger partial charge < -0.3 is 5.11 Å². The van der Waals surface area contributed by atoms with Gasteiger partial charge in [0.05, 0.1) is 11.0 Å². The molecule has 4 rings (SSSR count). The smallest absolute Gasteiger partial charge is 0.241 e. The summed E-state index contributed by atoms with van der Waals surface area (Å²) < 4.78 is 29.0. The van der Waals surface area contributed by atoms with Crippen molar-refractivity contribution in [2.75, 3.05) is 0 Å². The normalized spacial score (nSPS) is 32.4. The van der Waals surface area contributed by atoms with Crippen molar-refractivity contribution in [1.29, 1.82) is 0 Å². The molecule has 0 spiro atoms. The lowest BCUT2D eigenvalue weighted by atomic mass is 9.60. The van der Waals surface area contributed by atoms with E-state index in [2.05, 4.69) is 58.1 Å². The third-order valence-corrected chi connectivity index (χ3v) is 11.7. The third kappa shape index (κ3) is 7.20. The first kappa shape index (κ1) is 31.3. The summed E-state index contributed by atoms with van der Waals surface area (Å²) in [6, 6.07) is 6.34. The van der Waals surface area contributed by atoms with Crippen LogP contribution in [0.15, 0.2) is 64.6 Å². The Morgan fingerprint density at radius 3 is 2.55 bits per heavy atom. The average molecular weight is 568 g/mol. The molecule has 0 bridgehead atoms. The van der Waals surface area contributed by atoms with Crippen LogP contribution in [-0.4, -0.2) is 25.7 Å². The molecular weight excluding hydrogens is 514 g/mol. The van der Waals surface area contributed by atoms with Crippen molar-refractivity contribution in [3.63, 3.8) is 0 Å². The predicted octanol–water partition coefficient (Wildman–Crippen LogP) is 8.27. The Morgan fingerprint density at radius 1 is 1.18 bits per heavy atom. The summed E-state index contributed by atoms with van der Waals surface area (Å²) in [5.41, 5.74) is 5.05. The highest BCUT2D eigenvalue weighted by molar-refractivity contribution is 7.89. The summed E-state index contributed by atoms with van der Waals surface area (Å²) >= 11 is 0. The maximum Gasteiger partial charge on any atom is 0.241 e. The highest BCUT2D eigenvalue weighted by Gasteiger charge is 2.50. The van der Waals surface area contributed by atoms with Crippen LogP contribution in [0.25, 0.3) is 0 Å². The van der Waals surface area contributed by atoms with Gasteiger partial charge in [0.15, 0.2) is 0 Å². The molecule has 0 amide bonds. The van der Waals surface area contributed by atoms with Gasteiger partial charge in [0.2, 0.25) is 10.0 Å². The quantitative estimate of drug-likeness (QED) is 0.332. The van der Waals surface area contributed by atoms with E-state index in [1.807, 2.05) is 6.92 Å².